The van der Waals surface area contributed by atoms with Gasteiger partial charge in [0.05, 0.1) is 27.6 Å². The predicted octanol–water partition coefficient (Wildman–Crippen LogP) is 8.98. The van der Waals surface area contributed by atoms with Gasteiger partial charge in [-0.25, -0.2) is 4.98 Å². The van der Waals surface area contributed by atoms with Gasteiger partial charge in [-0.05, 0) is 29.7 Å². The molecule has 6 heteroatoms. The smallest absolute Gasteiger partial charge is 0.333 e. The summed E-state index contributed by atoms with van der Waals surface area (Å²) in [5, 5.41) is 10.2. The Balaban J connectivity index is 1.51. The van der Waals surface area contributed by atoms with Crippen molar-refractivity contribution < 1.29 is 0 Å². The van der Waals surface area contributed by atoms with E-state index in [9.17, 15) is 0 Å². The third-order valence-electron chi connectivity index (χ3n) is 8.73. The van der Waals surface area contributed by atoms with Crippen LogP contribution in [0, 0.1) is 6.57 Å². The van der Waals surface area contributed by atoms with Crippen LogP contribution in [0.25, 0.3) is 92.5 Å². The molecule has 6 nitrogen and oxygen atoms in total. The molecule has 0 bridgehead atoms. The highest BCUT2D eigenvalue weighted by atomic mass is 15.2. The Morgan fingerprint density at radius 1 is 0.571 bits per heavy atom. The number of fused-ring (bicyclic) bond motifs is 13. The summed E-state index contributed by atoms with van der Waals surface area (Å²) >= 11 is 0. The molecule has 0 unspecified atom stereocenters. The van der Waals surface area contributed by atoms with Crippen LogP contribution < -0.4 is 0 Å². The molecule has 0 aliphatic heterocycles. The monoisotopic (exact) mass is 534 g/mol. The maximum Gasteiger partial charge on any atom is 0.333 e. The van der Waals surface area contributed by atoms with Crippen LogP contribution in [-0.2, 0) is 0 Å². The van der Waals surface area contributed by atoms with Crippen molar-refractivity contribution in [1.29, 1.82) is 0 Å². The van der Waals surface area contributed by atoms with Crippen molar-refractivity contribution in [2.45, 2.75) is 0 Å². The minimum atomic E-state index is 0.299. The molecule has 0 amide bonds. The Labute approximate surface area is 237 Å². The second-order valence-corrected chi connectivity index (χ2v) is 10.8. The van der Waals surface area contributed by atoms with E-state index in [0.717, 1.165) is 21.8 Å². The SMILES string of the molecule is [C-]#[N+]c1nc(-n2c3ccccc3c3c4c5ccc6ccccc6c5n5c6ccccc6c(cc32)c45)nc2ncccc12. The number of nitrogens with zero attached hydrogens (tertiary/aromatic N) is 6. The van der Waals surface area contributed by atoms with Gasteiger partial charge < -0.3 is 9.25 Å². The summed E-state index contributed by atoms with van der Waals surface area (Å²) in [5.74, 6) is 0.749. The summed E-state index contributed by atoms with van der Waals surface area (Å²) in [6.07, 6.45) is 1.71. The van der Waals surface area contributed by atoms with Crippen LogP contribution in [0.3, 0.4) is 0 Å². The Hall–Kier alpha value is -6.06. The van der Waals surface area contributed by atoms with E-state index in [0.29, 0.717) is 22.8 Å². The lowest BCUT2D eigenvalue weighted by Gasteiger charge is -2.06. The molecule has 5 aromatic carbocycles. The van der Waals surface area contributed by atoms with Gasteiger partial charge in [-0.15, -0.1) is 0 Å². The topological polar surface area (TPSA) is 52.4 Å². The minimum absolute atomic E-state index is 0.299. The first-order chi connectivity index (χ1) is 20.8. The molecule has 5 aromatic heterocycles. The first-order valence-electron chi connectivity index (χ1n) is 13.8. The zero-order valence-corrected chi connectivity index (χ0v) is 22.1. The average molecular weight is 535 g/mol. The van der Waals surface area contributed by atoms with Gasteiger partial charge in [-0.2, -0.15) is 4.98 Å². The molecule has 0 aliphatic carbocycles. The number of para-hydroxylation sites is 2. The molecule has 192 valence electrons. The summed E-state index contributed by atoms with van der Waals surface area (Å²) in [4.78, 5) is 17.9. The van der Waals surface area contributed by atoms with E-state index in [-0.39, 0.29) is 0 Å². The third-order valence-corrected chi connectivity index (χ3v) is 8.73. The maximum absolute atomic E-state index is 7.86. The normalized spacial score (nSPS) is 12.3. The fourth-order valence-electron chi connectivity index (χ4n) is 7.10. The summed E-state index contributed by atoms with van der Waals surface area (Å²) in [6.45, 7) is 7.86. The van der Waals surface area contributed by atoms with Crippen LogP contribution >= 0.6 is 0 Å². The molecule has 0 saturated heterocycles. The lowest BCUT2D eigenvalue weighted by Crippen LogP contribution is -2.02. The van der Waals surface area contributed by atoms with Crippen molar-refractivity contribution in [3.8, 4) is 5.95 Å². The average Bonchev–Trinajstić information content (AvgIpc) is 3.68. The zero-order chi connectivity index (χ0) is 27.5. The summed E-state index contributed by atoms with van der Waals surface area (Å²) in [7, 11) is 0. The van der Waals surface area contributed by atoms with Crippen molar-refractivity contribution in [3.63, 3.8) is 0 Å². The molecule has 0 aliphatic rings. The molecule has 10 rings (SSSR count). The van der Waals surface area contributed by atoms with Crippen LogP contribution in [-0.4, -0.2) is 23.9 Å². The number of rotatable bonds is 1. The summed E-state index contributed by atoms with van der Waals surface area (Å²) < 4.78 is 4.56. The van der Waals surface area contributed by atoms with Gasteiger partial charge in [-0.1, -0.05) is 90.4 Å². The fourth-order valence-corrected chi connectivity index (χ4v) is 7.10. The Kier molecular flexibility index (Phi) is 3.91. The number of hydrogen-bond donors (Lipinski definition) is 0. The van der Waals surface area contributed by atoms with E-state index in [1.165, 1.54) is 48.9 Å². The van der Waals surface area contributed by atoms with Gasteiger partial charge in [0.25, 0.3) is 5.82 Å². The van der Waals surface area contributed by atoms with Crippen LogP contribution in [0.2, 0.25) is 0 Å². The molecule has 42 heavy (non-hydrogen) atoms. The van der Waals surface area contributed by atoms with E-state index >= 15 is 0 Å². The molecule has 0 atom stereocenters. The van der Waals surface area contributed by atoms with Crippen LogP contribution in [0.1, 0.15) is 0 Å². The predicted molar refractivity (Wildman–Crippen MR) is 170 cm³/mol. The standard InChI is InChI=1S/C36H18N6/c1-37-34-25-13-8-18-38-35(25)40-36(39-34)41-28-15-7-5-12-23(28)30-29(41)19-26-22-11-4-6-14-27(22)42-32-21-10-3-2-9-20(21)16-17-24(32)31(30)33(26)42/h2-19H. The first-order valence-corrected chi connectivity index (χ1v) is 13.8. The molecule has 0 spiro atoms. The van der Waals surface area contributed by atoms with E-state index < -0.39 is 0 Å². The van der Waals surface area contributed by atoms with E-state index in [1.807, 2.05) is 18.2 Å². The van der Waals surface area contributed by atoms with E-state index in [4.69, 9.17) is 16.5 Å². The Bertz CT molecular complexity index is 2810. The molecule has 10 aromatic rings. The Morgan fingerprint density at radius 2 is 1.33 bits per heavy atom. The van der Waals surface area contributed by atoms with Gasteiger partial charge >= 0.3 is 5.95 Å². The van der Waals surface area contributed by atoms with Crippen molar-refractivity contribution in [3.05, 3.63) is 121 Å². The summed E-state index contributed by atoms with van der Waals surface area (Å²) in [6, 6.07) is 36.1. The van der Waals surface area contributed by atoms with Crippen molar-refractivity contribution in [2.75, 3.05) is 0 Å². The van der Waals surface area contributed by atoms with Crippen molar-refractivity contribution in [2.24, 2.45) is 0 Å². The molecular weight excluding hydrogens is 516 g/mol. The lowest BCUT2D eigenvalue weighted by atomic mass is 10.0. The largest absolute Gasteiger partial charge is 0.360 e. The first kappa shape index (κ1) is 21.7. The number of hydrogen-bond acceptors (Lipinski definition) is 3. The molecule has 0 fully saturated rings. The van der Waals surface area contributed by atoms with Crippen LogP contribution in [0.15, 0.2) is 109 Å². The third kappa shape index (κ3) is 2.52. The molecule has 0 N–H and O–H groups in total. The van der Waals surface area contributed by atoms with Gasteiger partial charge in [0.1, 0.15) is 0 Å². The van der Waals surface area contributed by atoms with Gasteiger partial charge in [0, 0.05) is 49.3 Å². The second-order valence-electron chi connectivity index (χ2n) is 10.8. The molecule has 5 heterocycles. The molecular formula is C36H18N6. The lowest BCUT2D eigenvalue weighted by molar-refractivity contribution is 1.01. The van der Waals surface area contributed by atoms with E-state index in [1.54, 1.807) is 6.20 Å². The quantitative estimate of drug-likeness (QED) is 0.198. The maximum atomic E-state index is 7.86. The fraction of sp³-hybridized carbons (Fsp3) is 0. The number of benzene rings is 5. The highest BCUT2D eigenvalue weighted by molar-refractivity contribution is 6.37. The summed E-state index contributed by atoms with van der Waals surface area (Å²) in [5.41, 5.74) is 6.15. The van der Waals surface area contributed by atoms with Crippen LogP contribution in [0.5, 0.6) is 0 Å². The van der Waals surface area contributed by atoms with Crippen LogP contribution in [0.4, 0.5) is 5.82 Å². The number of pyridine rings is 1. The van der Waals surface area contributed by atoms with E-state index in [2.05, 4.69) is 104 Å². The Morgan fingerprint density at radius 3 is 2.21 bits per heavy atom. The highest BCUT2D eigenvalue weighted by Gasteiger charge is 2.26. The van der Waals surface area contributed by atoms with Gasteiger partial charge in [0.2, 0.25) is 0 Å². The zero-order valence-electron chi connectivity index (χ0n) is 22.1. The van der Waals surface area contributed by atoms with Crippen molar-refractivity contribution in [1.82, 2.24) is 23.9 Å². The van der Waals surface area contributed by atoms with Gasteiger partial charge in [-0.3, -0.25) is 4.57 Å². The molecule has 0 saturated carbocycles. The molecule has 0 radical (unpaired) electrons. The highest BCUT2D eigenvalue weighted by Crippen LogP contribution is 2.47. The second kappa shape index (κ2) is 7.57. The van der Waals surface area contributed by atoms with Crippen molar-refractivity contribution >= 4 is 87.5 Å². The van der Waals surface area contributed by atoms with Gasteiger partial charge in [0.15, 0.2) is 5.65 Å². The number of aromatic nitrogens is 5. The minimum Gasteiger partial charge on any atom is -0.360 e.